The molecule has 8 rings (SSSR count). The summed E-state index contributed by atoms with van der Waals surface area (Å²) in [6.07, 6.45) is 12.4. The van der Waals surface area contributed by atoms with Crippen LogP contribution in [0.1, 0.15) is 49.8 Å². The Hall–Kier alpha value is -4.80. The monoisotopic (exact) mass is 577 g/mol. The molecule has 3 heterocycles. The molecule has 0 radical (unpaired) electrons. The highest BCUT2D eigenvalue weighted by atomic mass is 16.5. The van der Waals surface area contributed by atoms with E-state index in [4.69, 9.17) is 9.15 Å². The number of allylic oxidation sites excluding steroid dienone is 4. The molecule has 1 aliphatic carbocycles. The number of rotatable bonds is 2. The van der Waals surface area contributed by atoms with E-state index in [9.17, 15) is 5.11 Å². The molecule has 2 aliphatic heterocycles. The maximum Gasteiger partial charge on any atom is 0.137 e. The number of hydrogen-bond donors (Lipinski definition) is 1. The summed E-state index contributed by atoms with van der Waals surface area (Å²) >= 11 is 0. The quantitative estimate of drug-likeness (QED) is 0.227. The fourth-order valence-electron chi connectivity index (χ4n) is 7.07. The lowest BCUT2D eigenvalue weighted by atomic mass is 9.73. The van der Waals surface area contributed by atoms with Gasteiger partial charge in [0.1, 0.15) is 23.5 Å². The molecule has 0 amide bonds. The molecule has 0 saturated carbocycles. The number of para-hydroxylation sites is 2. The predicted octanol–water partition coefficient (Wildman–Crippen LogP) is 10.0. The van der Waals surface area contributed by atoms with Gasteiger partial charge in [-0.15, -0.1) is 0 Å². The second-order valence-corrected chi connectivity index (χ2v) is 12.4. The Morgan fingerprint density at radius 1 is 0.773 bits per heavy atom. The highest BCUT2D eigenvalue weighted by Gasteiger charge is 2.37. The molecular weight excluding hydrogens is 542 g/mol. The smallest absolute Gasteiger partial charge is 0.137 e. The van der Waals surface area contributed by atoms with Gasteiger partial charge in [-0.3, -0.25) is 0 Å². The van der Waals surface area contributed by atoms with E-state index in [1.54, 1.807) is 0 Å². The molecule has 218 valence electrons. The standard InChI is InChI=1S/C40H35NO3/c1-40(2)32-13-5-6-14-34(32)41(35-25-39-31(24-33(35)40)29-11-3-8-17-38(29)44-39)28-20-18-27(19-21-28)26-10-9-15-36(42)30-12-4-7-16-37(30)43-23-22-26/h3,5-6,8-14,16-22,24-25,36,42H,4,7,15,23H2,1-2H3/b10-9-,26-22+. The minimum atomic E-state index is -0.554. The van der Waals surface area contributed by atoms with Crippen LogP contribution in [0, 0.1) is 0 Å². The number of benzene rings is 4. The van der Waals surface area contributed by atoms with Crippen molar-refractivity contribution in [2.45, 2.75) is 44.6 Å². The van der Waals surface area contributed by atoms with Crippen molar-refractivity contribution in [2.75, 3.05) is 11.5 Å². The van der Waals surface area contributed by atoms with Crippen molar-refractivity contribution in [2.24, 2.45) is 0 Å². The third-order valence-corrected chi connectivity index (χ3v) is 9.39. The molecule has 0 saturated heterocycles. The zero-order valence-electron chi connectivity index (χ0n) is 25.1. The van der Waals surface area contributed by atoms with E-state index < -0.39 is 6.10 Å². The van der Waals surface area contributed by atoms with Crippen molar-refractivity contribution in [1.82, 2.24) is 0 Å². The first-order valence-corrected chi connectivity index (χ1v) is 15.5. The van der Waals surface area contributed by atoms with Crippen LogP contribution in [0.4, 0.5) is 17.1 Å². The highest BCUT2D eigenvalue weighted by Crippen LogP contribution is 2.53. The zero-order valence-corrected chi connectivity index (χ0v) is 25.1. The Kier molecular flexibility index (Phi) is 6.35. The molecule has 44 heavy (non-hydrogen) atoms. The van der Waals surface area contributed by atoms with Gasteiger partial charge in [-0.2, -0.15) is 0 Å². The van der Waals surface area contributed by atoms with Crippen LogP contribution in [0.2, 0.25) is 0 Å². The number of aliphatic hydroxyl groups excluding tert-OH is 1. The average Bonchev–Trinajstić information content (AvgIpc) is 3.42. The Balaban J connectivity index is 1.20. The summed E-state index contributed by atoms with van der Waals surface area (Å²) in [5, 5.41) is 13.1. The SMILES string of the molecule is CC1(C)c2ccccc2N(c2ccc(C3=C/COC4=CCCC=C4C(O)C/C=C\3)cc2)c2cc3oc4ccccc4c3cc21. The Labute approximate surface area is 257 Å². The maximum absolute atomic E-state index is 10.8. The molecule has 1 unspecified atom stereocenters. The van der Waals surface area contributed by atoms with Crippen LogP contribution in [0.5, 0.6) is 0 Å². The summed E-state index contributed by atoms with van der Waals surface area (Å²) in [6, 6.07) is 30.3. The summed E-state index contributed by atoms with van der Waals surface area (Å²) in [7, 11) is 0. The lowest BCUT2D eigenvalue weighted by Crippen LogP contribution is -2.30. The van der Waals surface area contributed by atoms with Crippen molar-refractivity contribution in [3.05, 3.63) is 143 Å². The fourth-order valence-corrected chi connectivity index (χ4v) is 7.07. The van der Waals surface area contributed by atoms with Gasteiger partial charge in [0.25, 0.3) is 0 Å². The first-order valence-electron chi connectivity index (χ1n) is 15.5. The summed E-state index contributed by atoms with van der Waals surface area (Å²) in [6.45, 7) is 5.09. The van der Waals surface area contributed by atoms with Crippen molar-refractivity contribution in [3.8, 4) is 0 Å². The van der Waals surface area contributed by atoms with Crippen LogP contribution in [0.15, 0.2) is 131 Å². The number of hydrogen-bond acceptors (Lipinski definition) is 4. The molecule has 4 nitrogen and oxygen atoms in total. The van der Waals surface area contributed by atoms with Gasteiger partial charge in [0, 0.05) is 33.5 Å². The minimum absolute atomic E-state index is 0.186. The number of furan rings is 1. The van der Waals surface area contributed by atoms with Gasteiger partial charge in [0.2, 0.25) is 0 Å². The fraction of sp³-hybridized carbons (Fsp3) is 0.200. The maximum atomic E-state index is 10.8. The lowest BCUT2D eigenvalue weighted by Gasteiger charge is -2.42. The van der Waals surface area contributed by atoms with Crippen LogP contribution in [0.3, 0.4) is 0 Å². The Morgan fingerprint density at radius 2 is 1.57 bits per heavy atom. The van der Waals surface area contributed by atoms with Gasteiger partial charge < -0.3 is 19.2 Å². The van der Waals surface area contributed by atoms with E-state index in [-0.39, 0.29) is 5.41 Å². The van der Waals surface area contributed by atoms with Crippen molar-refractivity contribution < 1.29 is 14.3 Å². The van der Waals surface area contributed by atoms with E-state index in [2.05, 4.69) is 122 Å². The van der Waals surface area contributed by atoms with Crippen molar-refractivity contribution in [3.63, 3.8) is 0 Å². The molecule has 0 fully saturated rings. The van der Waals surface area contributed by atoms with Crippen LogP contribution in [0.25, 0.3) is 27.5 Å². The van der Waals surface area contributed by atoms with Gasteiger partial charge in [0.15, 0.2) is 0 Å². The third kappa shape index (κ3) is 4.32. The number of nitrogens with zero attached hydrogens (tertiary/aromatic N) is 1. The minimum Gasteiger partial charge on any atom is -0.489 e. The van der Waals surface area contributed by atoms with Gasteiger partial charge >= 0.3 is 0 Å². The average molecular weight is 578 g/mol. The molecule has 1 aromatic heterocycles. The molecule has 1 atom stereocenters. The normalized spacial score (nSPS) is 21.2. The number of fused-ring (bicyclic) bond motifs is 6. The molecule has 4 heteroatoms. The molecule has 0 spiro atoms. The van der Waals surface area contributed by atoms with Crippen LogP contribution in [-0.2, 0) is 10.2 Å². The van der Waals surface area contributed by atoms with E-state index in [1.165, 1.54) is 16.8 Å². The van der Waals surface area contributed by atoms with Crippen molar-refractivity contribution >= 4 is 44.6 Å². The summed E-state index contributed by atoms with van der Waals surface area (Å²) in [4.78, 5) is 2.37. The third-order valence-electron chi connectivity index (χ3n) is 9.39. The molecule has 4 aromatic carbocycles. The summed E-state index contributed by atoms with van der Waals surface area (Å²) in [5.41, 5.74) is 10.7. The molecule has 0 bridgehead atoms. The number of aliphatic hydroxyl groups is 1. The van der Waals surface area contributed by atoms with E-state index in [1.807, 2.05) is 12.1 Å². The highest BCUT2D eigenvalue weighted by molar-refractivity contribution is 6.07. The first kappa shape index (κ1) is 26.8. The van der Waals surface area contributed by atoms with Crippen LogP contribution >= 0.6 is 0 Å². The van der Waals surface area contributed by atoms with E-state index >= 15 is 0 Å². The number of ether oxygens (including phenoxy) is 1. The lowest BCUT2D eigenvalue weighted by molar-refractivity contribution is 0.185. The summed E-state index contributed by atoms with van der Waals surface area (Å²) in [5.74, 6) is 0.814. The number of anilines is 3. The Morgan fingerprint density at radius 3 is 2.45 bits per heavy atom. The van der Waals surface area contributed by atoms with Crippen molar-refractivity contribution in [1.29, 1.82) is 0 Å². The Bertz CT molecular complexity index is 2040. The predicted molar refractivity (Wildman–Crippen MR) is 180 cm³/mol. The largest absolute Gasteiger partial charge is 0.489 e. The molecule has 5 aromatic rings. The molecule has 3 aliphatic rings. The topological polar surface area (TPSA) is 45.8 Å². The van der Waals surface area contributed by atoms with Gasteiger partial charge in [0.05, 0.1) is 17.5 Å². The second kappa shape index (κ2) is 10.4. The van der Waals surface area contributed by atoms with E-state index in [0.717, 1.165) is 68.6 Å². The van der Waals surface area contributed by atoms with Crippen LogP contribution < -0.4 is 4.90 Å². The zero-order chi connectivity index (χ0) is 29.8. The summed E-state index contributed by atoms with van der Waals surface area (Å²) < 4.78 is 12.5. The second-order valence-electron chi connectivity index (χ2n) is 12.4. The van der Waals surface area contributed by atoms with E-state index in [0.29, 0.717) is 13.0 Å². The van der Waals surface area contributed by atoms with Crippen LogP contribution in [-0.4, -0.2) is 17.8 Å². The van der Waals surface area contributed by atoms with Gasteiger partial charge in [-0.25, -0.2) is 0 Å². The van der Waals surface area contributed by atoms with Gasteiger partial charge in [-0.1, -0.05) is 80.6 Å². The molecular formula is C40H35NO3. The molecule has 1 N–H and O–H groups in total. The first-order chi connectivity index (χ1) is 21.5. The van der Waals surface area contributed by atoms with Gasteiger partial charge in [-0.05, 0) is 84.0 Å².